The summed E-state index contributed by atoms with van der Waals surface area (Å²) in [4.78, 5) is 12.4. The molecule has 23 heavy (non-hydrogen) atoms. The van der Waals surface area contributed by atoms with Gasteiger partial charge in [0.1, 0.15) is 10.6 Å². The van der Waals surface area contributed by atoms with Crippen LogP contribution in [0.1, 0.15) is 31.1 Å². The molecule has 130 valence electrons. The molecule has 0 aliphatic heterocycles. The van der Waals surface area contributed by atoms with Crippen molar-refractivity contribution in [3.63, 3.8) is 0 Å². The van der Waals surface area contributed by atoms with E-state index in [1.165, 1.54) is 32.4 Å². The molecule has 0 aromatic heterocycles. The summed E-state index contributed by atoms with van der Waals surface area (Å²) in [5.41, 5.74) is 5.40. The first-order valence-electron chi connectivity index (χ1n) is 7.25. The van der Waals surface area contributed by atoms with Crippen LogP contribution >= 0.6 is 0 Å². The van der Waals surface area contributed by atoms with Crippen molar-refractivity contribution in [3.05, 3.63) is 23.8 Å². The summed E-state index contributed by atoms with van der Waals surface area (Å²) >= 11 is 0. The van der Waals surface area contributed by atoms with E-state index < -0.39 is 15.6 Å². The molecule has 1 aromatic rings. The number of methoxy groups -OCH3 is 1. The van der Waals surface area contributed by atoms with Crippen LogP contribution in [0.5, 0.6) is 5.75 Å². The lowest BCUT2D eigenvalue weighted by Gasteiger charge is -2.33. The Morgan fingerprint density at radius 3 is 2.43 bits per heavy atom. The number of benzene rings is 1. The molecule has 1 aromatic carbocycles. The van der Waals surface area contributed by atoms with Gasteiger partial charge in [-0.2, -0.15) is 0 Å². The van der Waals surface area contributed by atoms with Crippen molar-refractivity contribution in [2.24, 2.45) is 11.7 Å². The molecule has 0 fully saturated rings. The number of hydrogen-bond donors (Lipinski definition) is 3. The van der Waals surface area contributed by atoms with Crippen molar-refractivity contribution < 1.29 is 17.9 Å². The highest BCUT2D eigenvalue weighted by Gasteiger charge is 2.29. The van der Waals surface area contributed by atoms with Crippen LogP contribution in [0.15, 0.2) is 23.1 Å². The van der Waals surface area contributed by atoms with Crippen LogP contribution in [0, 0.1) is 5.92 Å². The predicted molar refractivity (Wildman–Crippen MR) is 89.0 cm³/mol. The molecule has 0 spiro atoms. The van der Waals surface area contributed by atoms with Crippen LogP contribution in [0.2, 0.25) is 0 Å². The van der Waals surface area contributed by atoms with Gasteiger partial charge in [0.25, 0.3) is 5.91 Å². The molecule has 1 atom stereocenters. The quantitative estimate of drug-likeness (QED) is 0.675. The predicted octanol–water partition coefficient (Wildman–Crippen LogP) is 0.707. The van der Waals surface area contributed by atoms with Gasteiger partial charge in [-0.3, -0.25) is 4.79 Å². The van der Waals surface area contributed by atoms with Crippen molar-refractivity contribution in [1.82, 2.24) is 10.0 Å². The molecule has 0 saturated heterocycles. The standard InChI is InChI=1S/C15H25N3O4S/c1-10(2)15(3,9-16)18-14(19)11-6-7-12(22-5)13(8-11)23(20,21)17-4/h6-8,10,17H,9,16H2,1-5H3,(H,18,19). The van der Waals surface area contributed by atoms with E-state index in [1.54, 1.807) is 0 Å². The number of nitrogens with two attached hydrogens (primary N) is 1. The minimum atomic E-state index is -3.74. The van der Waals surface area contributed by atoms with Gasteiger partial charge in [0, 0.05) is 12.1 Å². The summed E-state index contributed by atoms with van der Waals surface area (Å²) in [6, 6.07) is 4.26. The Bertz CT molecular complexity index is 673. The van der Waals surface area contributed by atoms with E-state index in [0.29, 0.717) is 0 Å². The van der Waals surface area contributed by atoms with Crippen LogP contribution in [0.3, 0.4) is 0 Å². The minimum absolute atomic E-state index is 0.0888. The second-order valence-electron chi connectivity index (χ2n) is 5.80. The second-order valence-corrected chi connectivity index (χ2v) is 7.66. The highest BCUT2D eigenvalue weighted by atomic mass is 32.2. The van der Waals surface area contributed by atoms with E-state index in [9.17, 15) is 13.2 Å². The molecule has 0 saturated carbocycles. The average Bonchev–Trinajstić information content (AvgIpc) is 2.53. The topological polar surface area (TPSA) is 111 Å². The minimum Gasteiger partial charge on any atom is -0.495 e. The molecule has 8 heteroatoms. The lowest BCUT2D eigenvalue weighted by atomic mass is 9.88. The summed E-state index contributed by atoms with van der Waals surface area (Å²) < 4.78 is 31.4. The zero-order valence-corrected chi connectivity index (χ0v) is 15.0. The Kier molecular flexibility index (Phi) is 6.15. The molecular formula is C15H25N3O4S. The van der Waals surface area contributed by atoms with Gasteiger partial charge in [-0.25, -0.2) is 13.1 Å². The van der Waals surface area contributed by atoms with Crippen LogP contribution < -0.4 is 20.5 Å². The maximum atomic E-state index is 12.5. The molecule has 0 heterocycles. The van der Waals surface area contributed by atoms with E-state index in [0.717, 1.165) is 0 Å². The van der Waals surface area contributed by atoms with Gasteiger partial charge in [-0.15, -0.1) is 0 Å². The summed E-state index contributed by atoms with van der Waals surface area (Å²) in [6.07, 6.45) is 0. The Morgan fingerprint density at radius 1 is 1.39 bits per heavy atom. The molecule has 4 N–H and O–H groups in total. The van der Waals surface area contributed by atoms with Gasteiger partial charge in [0.15, 0.2) is 0 Å². The monoisotopic (exact) mass is 343 g/mol. The number of rotatable bonds is 7. The summed E-state index contributed by atoms with van der Waals surface area (Å²) in [7, 11) is -1.08. The van der Waals surface area contributed by atoms with Gasteiger partial charge < -0.3 is 15.8 Å². The molecule has 1 rings (SSSR count). The third-order valence-electron chi connectivity index (χ3n) is 4.08. The van der Waals surface area contributed by atoms with E-state index in [1.807, 2.05) is 20.8 Å². The van der Waals surface area contributed by atoms with Crippen molar-refractivity contribution in [3.8, 4) is 5.75 Å². The fourth-order valence-electron chi connectivity index (χ4n) is 1.90. The highest BCUT2D eigenvalue weighted by Crippen LogP contribution is 2.25. The average molecular weight is 343 g/mol. The molecule has 0 radical (unpaired) electrons. The summed E-state index contributed by atoms with van der Waals surface area (Å²) in [6.45, 7) is 6.04. The lowest BCUT2D eigenvalue weighted by molar-refractivity contribution is 0.0883. The van der Waals surface area contributed by atoms with Gasteiger partial charge in [0.2, 0.25) is 10.0 Å². The summed E-state index contributed by atoms with van der Waals surface area (Å²) in [5.74, 6) is -0.0987. The van der Waals surface area contributed by atoms with Gasteiger partial charge in [-0.05, 0) is 38.1 Å². The number of ether oxygens (including phenoxy) is 1. The first-order valence-corrected chi connectivity index (χ1v) is 8.73. The normalized spacial score (nSPS) is 14.4. The Hall–Kier alpha value is -1.64. The molecule has 0 aliphatic carbocycles. The lowest BCUT2D eigenvalue weighted by Crippen LogP contribution is -2.55. The fourth-order valence-corrected chi connectivity index (χ4v) is 2.82. The molecule has 1 amide bonds. The Labute approximate surface area is 137 Å². The smallest absolute Gasteiger partial charge is 0.251 e. The van der Waals surface area contributed by atoms with Gasteiger partial charge >= 0.3 is 0 Å². The van der Waals surface area contributed by atoms with Crippen molar-refractivity contribution in [1.29, 1.82) is 0 Å². The largest absolute Gasteiger partial charge is 0.495 e. The van der Waals surface area contributed by atoms with Crippen LogP contribution in [-0.2, 0) is 10.0 Å². The Morgan fingerprint density at radius 2 is 2.00 bits per heavy atom. The summed E-state index contributed by atoms with van der Waals surface area (Å²) in [5, 5.41) is 2.87. The molecule has 1 unspecified atom stereocenters. The van der Waals surface area contributed by atoms with Gasteiger partial charge in [0.05, 0.1) is 12.6 Å². The SMILES string of the molecule is CNS(=O)(=O)c1cc(C(=O)NC(C)(CN)C(C)C)ccc1OC. The molecular weight excluding hydrogens is 318 g/mol. The molecule has 7 nitrogen and oxygen atoms in total. The Balaban J connectivity index is 3.25. The number of carbonyl (C=O) groups is 1. The number of hydrogen-bond acceptors (Lipinski definition) is 5. The zero-order valence-electron chi connectivity index (χ0n) is 14.1. The third kappa shape index (κ3) is 4.21. The van der Waals surface area contributed by atoms with Crippen LogP contribution in [0.25, 0.3) is 0 Å². The van der Waals surface area contributed by atoms with E-state index >= 15 is 0 Å². The highest BCUT2D eigenvalue weighted by molar-refractivity contribution is 7.89. The van der Waals surface area contributed by atoms with Crippen molar-refractivity contribution >= 4 is 15.9 Å². The molecule has 0 bridgehead atoms. The maximum Gasteiger partial charge on any atom is 0.251 e. The van der Waals surface area contributed by atoms with Crippen LogP contribution in [-0.4, -0.2) is 40.6 Å². The maximum absolute atomic E-state index is 12.5. The number of sulfonamides is 1. The second kappa shape index (κ2) is 7.29. The molecule has 0 aliphatic rings. The first kappa shape index (κ1) is 19.4. The zero-order chi connectivity index (χ0) is 17.8. The first-order chi connectivity index (χ1) is 10.6. The van der Waals surface area contributed by atoms with E-state index in [4.69, 9.17) is 10.5 Å². The van der Waals surface area contributed by atoms with E-state index in [2.05, 4.69) is 10.0 Å². The van der Waals surface area contributed by atoms with Crippen LogP contribution in [0.4, 0.5) is 0 Å². The van der Waals surface area contributed by atoms with Crippen molar-refractivity contribution in [2.45, 2.75) is 31.2 Å². The van der Waals surface area contributed by atoms with Crippen molar-refractivity contribution in [2.75, 3.05) is 20.7 Å². The van der Waals surface area contributed by atoms with E-state index in [-0.39, 0.29) is 34.6 Å². The fraction of sp³-hybridized carbons (Fsp3) is 0.533. The van der Waals surface area contributed by atoms with Gasteiger partial charge in [-0.1, -0.05) is 13.8 Å². The number of carbonyl (C=O) groups excluding carboxylic acids is 1. The number of amides is 1. The number of nitrogens with one attached hydrogen (secondary N) is 2. The third-order valence-corrected chi connectivity index (χ3v) is 5.52.